The van der Waals surface area contributed by atoms with Crippen LogP contribution in [0, 0.1) is 18.3 Å². The predicted octanol–water partition coefficient (Wildman–Crippen LogP) is 4.46. The Bertz CT molecular complexity index is 1360. The van der Waals surface area contributed by atoms with Gasteiger partial charge in [0.05, 0.1) is 16.9 Å². The Balaban J connectivity index is 1.37. The topological polar surface area (TPSA) is 92.7 Å². The third-order valence-corrected chi connectivity index (χ3v) is 6.26. The molecule has 0 spiro atoms. The number of rotatable bonds is 6. The van der Waals surface area contributed by atoms with E-state index in [4.69, 9.17) is 0 Å². The lowest BCUT2D eigenvalue weighted by atomic mass is 10.1. The van der Waals surface area contributed by atoms with Gasteiger partial charge in [0.1, 0.15) is 6.07 Å². The van der Waals surface area contributed by atoms with Gasteiger partial charge >= 0.3 is 0 Å². The van der Waals surface area contributed by atoms with E-state index in [2.05, 4.69) is 55.6 Å². The number of pyridine rings is 2. The van der Waals surface area contributed by atoms with Crippen LogP contribution in [0.3, 0.4) is 0 Å². The Morgan fingerprint density at radius 1 is 1.09 bits per heavy atom. The van der Waals surface area contributed by atoms with Crippen LogP contribution in [0.2, 0.25) is 0 Å². The first-order valence-electron chi connectivity index (χ1n) is 11.5. The number of hydrogen-bond donors (Lipinski definition) is 3. The Morgan fingerprint density at radius 2 is 1.97 bits per heavy atom. The minimum atomic E-state index is 0.495. The summed E-state index contributed by atoms with van der Waals surface area (Å²) in [6.07, 6.45) is 11.2. The van der Waals surface area contributed by atoms with Crippen LogP contribution >= 0.6 is 0 Å². The minimum absolute atomic E-state index is 0.495. The standard InChI is InChI=1S/C27H27N7/c1-19-24-8-9-31-26(24)7-6-25(19)33-27-21(16-30-17-22(27)14-28)3-5-23-4-2-20(15-32-23)18-34-12-10-29-11-13-34/h2-9,15-17,29,31H,10-13,18H2,1H3,(H,30,33). The summed E-state index contributed by atoms with van der Waals surface area (Å²) in [5.41, 5.74) is 7.31. The summed E-state index contributed by atoms with van der Waals surface area (Å²) in [4.78, 5) is 14.6. The third-order valence-electron chi connectivity index (χ3n) is 6.26. The molecule has 34 heavy (non-hydrogen) atoms. The fraction of sp³-hybridized carbons (Fsp3) is 0.222. The fourth-order valence-electron chi connectivity index (χ4n) is 4.31. The van der Waals surface area contributed by atoms with Gasteiger partial charge in [-0.15, -0.1) is 0 Å². The van der Waals surface area contributed by atoms with Crippen LogP contribution in [0.5, 0.6) is 0 Å². The highest BCUT2D eigenvalue weighted by Gasteiger charge is 2.12. The highest BCUT2D eigenvalue weighted by atomic mass is 15.2. The molecule has 4 aromatic rings. The molecule has 1 saturated heterocycles. The van der Waals surface area contributed by atoms with E-state index in [1.54, 1.807) is 12.4 Å². The fourth-order valence-corrected chi connectivity index (χ4v) is 4.31. The van der Waals surface area contributed by atoms with Crippen LogP contribution < -0.4 is 10.6 Å². The van der Waals surface area contributed by atoms with Crippen molar-refractivity contribution >= 4 is 34.4 Å². The Labute approximate surface area is 199 Å². The van der Waals surface area contributed by atoms with E-state index in [-0.39, 0.29) is 0 Å². The van der Waals surface area contributed by atoms with Crippen molar-refractivity contribution in [3.05, 3.63) is 83.1 Å². The first kappa shape index (κ1) is 21.8. The largest absolute Gasteiger partial charge is 0.361 e. The summed E-state index contributed by atoms with van der Waals surface area (Å²) >= 11 is 0. The zero-order valence-corrected chi connectivity index (χ0v) is 19.2. The number of aryl methyl sites for hydroxylation is 1. The monoisotopic (exact) mass is 449 g/mol. The second kappa shape index (κ2) is 9.87. The van der Waals surface area contributed by atoms with Gasteiger partial charge in [0.15, 0.2) is 0 Å². The summed E-state index contributed by atoms with van der Waals surface area (Å²) in [6, 6.07) is 12.6. The van der Waals surface area contributed by atoms with Gasteiger partial charge in [-0.3, -0.25) is 14.9 Å². The molecular weight excluding hydrogens is 422 g/mol. The first-order valence-corrected chi connectivity index (χ1v) is 11.5. The van der Waals surface area contributed by atoms with E-state index in [9.17, 15) is 5.26 Å². The number of nitriles is 1. The molecule has 1 fully saturated rings. The van der Waals surface area contributed by atoms with Crippen molar-refractivity contribution in [3.63, 3.8) is 0 Å². The van der Waals surface area contributed by atoms with Crippen LogP contribution in [0.15, 0.2) is 55.1 Å². The van der Waals surface area contributed by atoms with Crippen molar-refractivity contribution in [1.29, 1.82) is 5.26 Å². The number of anilines is 2. The molecule has 7 heteroatoms. The van der Waals surface area contributed by atoms with Gasteiger partial charge in [-0.05, 0) is 54.5 Å². The molecule has 0 amide bonds. The maximum atomic E-state index is 9.70. The van der Waals surface area contributed by atoms with Gasteiger partial charge in [0.2, 0.25) is 0 Å². The SMILES string of the molecule is Cc1c(Nc2c(C#N)cncc2C=Cc2ccc(CN3CCNCC3)cn2)ccc2[nH]ccc12. The number of hydrogen-bond acceptors (Lipinski definition) is 6. The van der Waals surface area contributed by atoms with E-state index in [0.717, 1.165) is 71.8 Å². The molecule has 3 N–H and O–H groups in total. The normalized spacial score (nSPS) is 14.5. The van der Waals surface area contributed by atoms with Crippen molar-refractivity contribution < 1.29 is 0 Å². The van der Waals surface area contributed by atoms with Crippen LogP contribution in [-0.4, -0.2) is 46.0 Å². The zero-order valence-electron chi connectivity index (χ0n) is 19.2. The summed E-state index contributed by atoms with van der Waals surface area (Å²) in [7, 11) is 0. The molecule has 3 aromatic heterocycles. The summed E-state index contributed by atoms with van der Waals surface area (Å²) < 4.78 is 0. The molecule has 0 aliphatic carbocycles. The van der Waals surface area contributed by atoms with Crippen LogP contribution in [0.4, 0.5) is 11.4 Å². The number of nitrogens with one attached hydrogen (secondary N) is 3. The number of nitrogens with zero attached hydrogens (tertiary/aromatic N) is 4. The molecule has 1 aliphatic rings. The van der Waals surface area contributed by atoms with E-state index in [1.165, 1.54) is 5.56 Å². The third kappa shape index (κ3) is 4.69. The molecule has 0 atom stereocenters. The Morgan fingerprint density at radius 3 is 2.76 bits per heavy atom. The average Bonchev–Trinajstić information content (AvgIpc) is 3.36. The maximum Gasteiger partial charge on any atom is 0.103 e. The quantitative estimate of drug-likeness (QED) is 0.403. The second-order valence-corrected chi connectivity index (χ2v) is 8.52. The van der Waals surface area contributed by atoms with E-state index in [1.807, 2.05) is 42.7 Å². The number of aromatic nitrogens is 3. The average molecular weight is 450 g/mol. The van der Waals surface area contributed by atoms with Gasteiger partial charge in [-0.1, -0.05) is 6.07 Å². The molecule has 170 valence electrons. The van der Waals surface area contributed by atoms with Crippen molar-refractivity contribution in [1.82, 2.24) is 25.2 Å². The van der Waals surface area contributed by atoms with Crippen LogP contribution in [0.1, 0.15) is 27.9 Å². The number of benzene rings is 1. The zero-order chi connectivity index (χ0) is 23.3. The molecule has 1 aromatic carbocycles. The van der Waals surface area contributed by atoms with Gasteiger partial charge in [0, 0.05) is 79.7 Å². The maximum absolute atomic E-state index is 9.70. The lowest BCUT2D eigenvalue weighted by Gasteiger charge is -2.27. The molecule has 0 bridgehead atoms. The number of aromatic amines is 1. The molecule has 7 nitrogen and oxygen atoms in total. The van der Waals surface area contributed by atoms with E-state index in [0.29, 0.717) is 5.56 Å². The molecule has 1 aliphatic heterocycles. The van der Waals surface area contributed by atoms with Crippen molar-refractivity contribution in [2.75, 3.05) is 31.5 Å². The van der Waals surface area contributed by atoms with Gasteiger partial charge in [-0.2, -0.15) is 5.26 Å². The lowest BCUT2D eigenvalue weighted by molar-refractivity contribution is 0.233. The van der Waals surface area contributed by atoms with E-state index >= 15 is 0 Å². The predicted molar refractivity (Wildman–Crippen MR) is 137 cm³/mol. The Hall–Kier alpha value is -3.99. The second-order valence-electron chi connectivity index (χ2n) is 8.52. The summed E-state index contributed by atoms with van der Waals surface area (Å²) in [5, 5.41) is 17.7. The highest BCUT2D eigenvalue weighted by molar-refractivity contribution is 5.90. The number of H-pyrrole nitrogens is 1. The van der Waals surface area contributed by atoms with Gasteiger partial charge < -0.3 is 15.6 Å². The van der Waals surface area contributed by atoms with Gasteiger partial charge in [0.25, 0.3) is 0 Å². The van der Waals surface area contributed by atoms with Crippen molar-refractivity contribution in [2.45, 2.75) is 13.5 Å². The highest BCUT2D eigenvalue weighted by Crippen LogP contribution is 2.31. The number of fused-ring (bicyclic) bond motifs is 1. The molecule has 4 heterocycles. The smallest absolute Gasteiger partial charge is 0.103 e. The first-order chi connectivity index (χ1) is 16.7. The van der Waals surface area contributed by atoms with Crippen molar-refractivity contribution in [2.24, 2.45) is 0 Å². The van der Waals surface area contributed by atoms with Crippen molar-refractivity contribution in [3.8, 4) is 6.07 Å². The molecule has 0 radical (unpaired) electrons. The molecule has 0 saturated carbocycles. The molecule has 5 rings (SSSR count). The van der Waals surface area contributed by atoms with Crippen LogP contribution in [0.25, 0.3) is 23.1 Å². The Kier molecular flexibility index (Phi) is 6.34. The number of piperazine rings is 1. The minimum Gasteiger partial charge on any atom is -0.361 e. The van der Waals surface area contributed by atoms with Gasteiger partial charge in [-0.25, -0.2) is 0 Å². The van der Waals surface area contributed by atoms with Crippen LogP contribution in [-0.2, 0) is 6.54 Å². The lowest BCUT2D eigenvalue weighted by Crippen LogP contribution is -2.42. The summed E-state index contributed by atoms with van der Waals surface area (Å²) in [5.74, 6) is 0. The van der Waals surface area contributed by atoms with E-state index < -0.39 is 0 Å². The summed E-state index contributed by atoms with van der Waals surface area (Å²) in [6.45, 7) is 7.21. The molecule has 0 unspecified atom stereocenters. The molecular formula is C27H27N7.